The van der Waals surface area contributed by atoms with Gasteiger partial charge in [-0.1, -0.05) is 0 Å². The van der Waals surface area contributed by atoms with Crippen molar-refractivity contribution < 1.29 is 14.6 Å². The molecule has 2 aromatic heterocycles. The van der Waals surface area contributed by atoms with Crippen molar-refractivity contribution in [2.75, 3.05) is 12.4 Å². The van der Waals surface area contributed by atoms with Crippen LogP contribution < -0.4 is 10.1 Å². The Hall–Kier alpha value is -5.11. The van der Waals surface area contributed by atoms with Crippen molar-refractivity contribution >= 4 is 23.1 Å². The number of benzene rings is 2. The molecule has 2 aromatic carbocycles. The topological polar surface area (TPSA) is 151 Å². The van der Waals surface area contributed by atoms with E-state index in [-0.39, 0.29) is 34.3 Å². The highest BCUT2D eigenvalue weighted by atomic mass is 16.5. The van der Waals surface area contributed by atoms with Crippen molar-refractivity contribution in [3.8, 4) is 23.5 Å². The van der Waals surface area contributed by atoms with Gasteiger partial charge in [-0.15, -0.1) is 10.2 Å². The number of phenolic OH excluding ortho intramolecular Hbond substituents is 1. The Morgan fingerprint density at radius 3 is 2.54 bits per heavy atom. The summed E-state index contributed by atoms with van der Waals surface area (Å²) >= 11 is 0. The van der Waals surface area contributed by atoms with E-state index in [4.69, 9.17) is 4.74 Å². The fourth-order valence-corrected chi connectivity index (χ4v) is 3.21. The number of aromatic hydroxyl groups is 1. The van der Waals surface area contributed by atoms with E-state index in [1.807, 2.05) is 6.07 Å². The lowest BCUT2D eigenvalue weighted by atomic mass is 10.0. The molecule has 0 fully saturated rings. The van der Waals surface area contributed by atoms with Crippen LogP contribution in [0, 0.1) is 25.2 Å². The summed E-state index contributed by atoms with van der Waals surface area (Å²) in [4.78, 5) is 21.2. The number of anilines is 1. The minimum Gasteiger partial charge on any atom is -0.505 e. The molecule has 0 unspecified atom stereocenters. The Morgan fingerprint density at radius 2 is 1.89 bits per heavy atom. The highest BCUT2D eigenvalue weighted by molar-refractivity contribution is 6.07. The van der Waals surface area contributed by atoms with Gasteiger partial charge in [-0.2, -0.15) is 15.0 Å². The summed E-state index contributed by atoms with van der Waals surface area (Å²) in [6, 6.07) is 12.0. The lowest BCUT2D eigenvalue weighted by Crippen LogP contribution is -2.12. The second-order valence-electron chi connectivity index (χ2n) is 7.40. The quantitative estimate of drug-likeness (QED) is 0.394. The van der Waals surface area contributed by atoms with Gasteiger partial charge in [-0.05, 0) is 61.4 Å². The smallest absolute Gasteiger partial charge is 0.259 e. The largest absolute Gasteiger partial charge is 0.505 e. The van der Waals surface area contributed by atoms with Crippen molar-refractivity contribution in [1.82, 2.24) is 19.7 Å². The van der Waals surface area contributed by atoms with E-state index in [2.05, 4.69) is 30.6 Å². The average molecular weight is 468 g/mol. The maximum absolute atomic E-state index is 12.9. The maximum atomic E-state index is 12.9. The van der Waals surface area contributed by atoms with Crippen molar-refractivity contribution in [3.05, 3.63) is 77.2 Å². The number of carbonyl (C=O) groups is 1. The molecule has 2 heterocycles. The standard InChI is InChI=1S/C24H20N8O3/c1-14-11-19(23(34)29-17-5-7-18(35-3)8-6-17)21(33)20(15(14)2)30-31-22-16(12-25)13-28-32(22)24-26-9-4-10-27-24/h4-11,13,33H,1-3H3,(H,29,34)/b31-30+. The molecule has 0 radical (unpaired) electrons. The number of nitrogens with one attached hydrogen (secondary N) is 1. The maximum Gasteiger partial charge on any atom is 0.259 e. The number of rotatable bonds is 6. The van der Waals surface area contributed by atoms with Gasteiger partial charge in [0, 0.05) is 18.1 Å². The zero-order valence-electron chi connectivity index (χ0n) is 19.1. The Kier molecular flexibility index (Phi) is 6.46. The van der Waals surface area contributed by atoms with Gasteiger partial charge in [-0.3, -0.25) is 4.79 Å². The lowest BCUT2D eigenvalue weighted by Gasteiger charge is -2.12. The molecule has 0 saturated heterocycles. The van der Waals surface area contributed by atoms with E-state index in [9.17, 15) is 15.2 Å². The van der Waals surface area contributed by atoms with Crippen LogP contribution in [0.5, 0.6) is 11.5 Å². The minimum atomic E-state index is -0.521. The van der Waals surface area contributed by atoms with Crippen LogP contribution in [0.4, 0.5) is 17.2 Å². The molecule has 0 spiro atoms. The van der Waals surface area contributed by atoms with Crippen LogP contribution >= 0.6 is 0 Å². The van der Waals surface area contributed by atoms with E-state index < -0.39 is 5.91 Å². The molecule has 0 aliphatic heterocycles. The first-order valence-corrected chi connectivity index (χ1v) is 10.4. The Morgan fingerprint density at radius 1 is 1.17 bits per heavy atom. The SMILES string of the molecule is COc1ccc(NC(=O)c2cc(C)c(C)c(/N=N/c3c(C#N)cnn3-c3ncccn3)c2O)cc1. The van der Waals surface area contributed by atoms with Crippen molar-refractivity contribution in [2.45, 2.75) is 13.8 Å². The molecule has 0 aliphatic carbocycles. The Labute approximate surface area is 200 Å². The molecular weight excluding hydrogens is 448 g/mol. The van der Waals surface area contributed by atoms with Gasteiger partial charge >= 0.3 is 0 Å². The van der Waals surface area contributed by atoms with E-state index >= 15 is 0 Å². The minimum absolute atomic E-state index is 0.0262. The first-order chi connectivity index (χ1) is 16.9. The zero-order chi connectivity index (χ0) is 24.9. The third kappa shape index (κ3) is 4.67. The van der Waals surface area contributed by atoms with Crippen LogP contribution in [0.15, 0.2) is 65.2 Å². The van der Waals surface area contributed by atoms with Crippen LogP contribution in [0.2, 0.25) is 0 Å². The second-order valence-corrected chi connectivity index (χ2v) is 7.40. The van der Waals surface area contributed by atoms with Gasteiger partial charge < -0.3 is 15.2 Å². The summed E-state index contributed by atoms with van der Waals surface area (Å²) in [6.45, 7) is 3.54. The number of phenols is 1. The summed E-state index contributed by atoms with van der Waals surface area (Å²) in [5, 5.41) is 35.6. The third-order valence-electron chi connectivity index (χ3n) is 5.23. The van der Waals surface area contributed by atoms with Crippen LogP contribution in [-0.2, 0) is 0 Å². The van der Waals surface area contributed by atoms with Gasteiger partial charge in [0.1, 0.15) is 23.1 Å². The molecule has 2 N–H and O–H groups in total. The molecule has 11 nitrogen and oxygen atoms in total. The number of ether oxygens (including phenoxy) is 1. The molecule has 0 aliphatic rings. The summed E-state index contributed by atoms with van der Waals surface area (Å²) in [5.41, 5.74) is 2.13. The van der Waals surface area contributed by atoms with Crippen molar-refractivity contribution in [1.29, 1.82) is 5.26 Å². The Bertz CT molecular complexity index is 1460. The first kappa shape index (κ1) is 23.1. The molecular formula is C24H20N8O3. The third-order valence-corrected chi connectivity index (χ3v) is 5.23. The zero-order valence-corrected chi connectivity index (χ0v) is 19.1. The van der Waals surface area contributed by atoms with Gasteiger partial charge in [0.2, 0.25) is 0 Å². The second kappa shape index (κ2) is 9.80. The number of carbonyl (C=O) groups excluding carboxylic acids is 1. The lowest BCUT2D eigenvalue weighted by molar-refractivity contribution is 0.102. The fourth-order valence-electron chi connectivity index (χ4n) is 3.21. The molecule has 0 atom stereocenters. The van der Waals surface area contributed by atoms with Crippen LogP contribution in [0.3, 0.4) is 0 Å². The Balaban J connectivity index is 1.71. The molecule has 174 valence electrons. The van der Waals surface area contributed by atoms with Crippen molar-refractivity contribution in [3.63, 3.8) is 0 Å². The normalized spacial score (nSPS) is 10.8. The number of azo groups is 1. The number of hydrogen-bond donors (Lipinski definition) is 2. The number of aromatic nitrogens is 4. The van der Waals surface area contributed by atoms with Gasteiger partial charge in [0.15, 0.2) is 11.6 Å². The van der Waals surface area contributed by atoms with Crippen LogP contribution in [0.1, 0.15) is 27.0 Å². The number of nitriles is 1. The van der Waals surface area contributed by atoms with Gasteiger partial charge in [0.25, 0.3) is 11.9 Å². The number of methoxy groups -OCH3 is 1. The van der Waals surface area contributed by atoms with E-state index in [0.29, 0.717) is 17.0 Å². The molecule has 4 rings (SSSR count). The predicted octanol–water partition coefficient (Wildman–Crippen LogP) is 4.53. The van der Waals surface area contributed by atoms with Crippen LogP contribution in [0.25, 0.3) is 5.95 Å². The predicted molar refractivity (Wildman–Crippen MR) is 127 cm³/mol. The molecule has 1 amide bonds. The van der Waals surface area contributed by atoms with E-state index in [0.717, 1.165) is 5.56 Å². The average Bonchev–Trinajstić information content (AvgIpc) is 3.30. The highest BCUT2D eigenvalue weighted by Crippen LogP contribution is 2.38. The molecule has 35 heavy (non-hydrogen) atoms. The van der Waals surface area contributed by atoms with E-state index in [1.54, 1.807) is 57.4 Å². The molecule has 0 bridgehead atoms. The number of nitrogens with zero attached hydrogens (tertiary/aromatic N) is 7. The highest BCUT2D eigenvalue weighted by Gasteiger charge is 2.20. The summed E-state index contributed by atoms with van der Waals surface area (Å²) in [5.74, 6) is 0.0728. The molecule has 11 heteroatoms. The summed E-state index contributed by atoms with van der Waals surface area (Å²) in [6.07, 6.45) is 4.38. The first-order valence-electron chi connectivity index (χ1n) is 10.4. The monoisotopic (exact) mass is 468 g/mol. The van der Waals surface area contributed by atoms with Gasteiger partial charge in [0.05, 0.1) is 18.9 Å². The van der Waals surface area contributed by atoms with Gasteiger partial charge in [-0.25, -0.2) is 9.97 Å². The number of aryl methyl sites for hydroxylation is 1. The van der Waals surface area contributed by atoms with Crippen LogP contribution in [-0.4, -0.2) is 37.9 Å². The summed E-state index contributed by atoms with van der Waals surface area (Å²) < 4.78 is 6.39. The number of amides is 1. The molecule has 4 aromatic rings. The molecule has 0 saturated carbocycles. The number of hydrogen-bond acceptors (Lipinski definition) is 9. The van der Waals surface area contributed by atoms with E-state index in [1.165, 1.54) is 23.3 Å². The van der Waals surface area contributed by atoms with Crippen molar-refractivity contribution in [2.24, 2.45) is 10.2 Å². The summed E-state index contributed by atoms with van der Waals surface area (Å²) in [7, 11) is 1.55. The fraction of sp³-hybridized carbons (Fsp3) is 0.125.